The van der Waals surface area contributed by atoms with Crippen molar-refractivity contribution in [2.75, 3.05) is 30.8 Å². The molecule has 2 N–H and O–H groups in total. The number of benzene rings is 3. The maximum absolute atomic E-state index is 13.3. The Balaban J connectivity index is 1.47. The Morgan fingerprint density at radius 1 is 1.09 bits per heavy atom. The third kappa shape index (κ3) is 8.02. The summed E-state index contributed by atoms with van der Waals surface area (Å²) in [5, 5.41) is 6.38. The average Bonchev–Trinajstić information content (AvgIpc) is 2.99. The van der Waals surface area contributed by atoms with E-state index in [9.17, 15) is 9.59 Å². The van der Waals surface area contributed by atoms with E-state index in [4.69, 9.17) is 9.72 Å². The van der Waals surface area contributed by atoms with Crippen molar-refractivity contribution in [3.8, 4) is 17.0 Å². The molecule has 0 unspecified atom stereocenters. The SMILES string of the molecule is C=CC(=O)Cc1cccc(C(=O)Nc2cc3cc(c2)Nc2ncc(C)c(n2)-c2cccc(c2)OCC/C=C/CN(C)C3)c1. The summed E-state index contributed by atoms with van der Waals surface area (Å²) in [6, 6.07) is 20.9. The lowest BCUT2D eigenvalue weighted by Crippen LogP contribution is -2.18. The molecule has 218 valence electrons. The third-order valence-electron chi connectivity index (χ3n) is 6.97. The zero-order chi connectivity index (χ0) is 30.2. The first-order valence-corrected chi connectivity index (χ1v) is 14.2. The second-order valence-electron chi connectivity index (χ2n) is 10.6. The summed E-state index contributed by atoms with van der Waals surface area (Å²) in [7, 11) is 2.05. The van der Waals surface area contributed by atoms with Gasteiger partial charge in [0.05, 0.1) is 12.3 Å². The van der Waals surface area contributed by atoms with Gasteiger partial charge in [-0.25, -0.2) is 9.97 Å². The van der Waals surface area contributed by atoms with Crippen molar-refractivity contribution >= 4 is 29.0 Å². The Morgan fingerprint density at radius 3 is 2.81 bits per heavy atom. The van der Waals surface area contributed by atoms with Crippen molar-refractivity contribution in [2.24, 2.45) is 0 Å². The van der Waals surface area contributed by atoms with Crippen LogP contribution in [0.1, 0.15) is 33.5 Å². The van der Waals surface area contributed by atoms with Gasteiger partial charge in [0.25, 0.3) is 5.91 Å². The summed E-state index contributed by atoms with van der Waals surface area (Å²) >= 11 is 0. The highest BCUT2D eigenvalue weighted by atomic mass is 16.5. The van der Waals surface area contributed by atoms with Crippen molar-refractivity contribution in [3.05, 3.63) is 120 Å². The molecule has 1 aliphatic rings. The van der Waals surface area contributed by atoms with Gasteiger partial charge in [0.2, 0.25) is 5.95 Å². The molecule has 1 amide bonds. The minimum absolute atomic E-state index is 0.0976. The normalized spacial score (nSPS) is 14.3. The summed E-state index contributed by atoms with van der Waals surface area (Å²) in [5.74, 6) is 0.873. The van der Waals surface area contributed by atoms with Gasteiger partial charge in [-0.3, -0.25) is 14.5 Å². The first-order chi connectivity index (χ1) is 20.9. The molecule has 8 nitrogen and oxygen atoms in total. The maximum atomic E-state index is 13.3. The number of amides is 1. The van der Waals surface area contributed by atoms with E-state index in [1.165, 1.54) is 6.08 Å². The Morgan fingerprint density at radius 2 is 1.95 bits per heavy atom. The number of ketones is 1. The molecular formula is C35H35N5O3. The topological polar surface area (TPSA) is 96.5 Å². The minimum atomic E-state index is -0.266. The van der Waals surface area contributed by atoms with Gasteiger partial charge in [-0.2, -0.15) is 0 Å². The van der Waals surface area contributed by atoms with E-state index < -0.39 is 0 Å². The first kappa shape index (κ1) is 29.4. The monoisotopic (exact) mass is 573 g/mol. The van der Waals surface area contributed by atoms with Gasteiger partial charge < -0.3 is 15.4 Å². The van der Waals surface area contributed by atoms with Crippen LogP contribution in [0.15, 0.2) is 97.7 Å². The predicted octanol–water partition coefficient (Wildman–Crippen LogP) is 6.52. The van der Waals surface area contributed by atoms with Crippen LogP contribution >= 0.6 is 0 Å². The van der Waals surface area contributed by atoms with Crippen LogP contribution in [-0.4, -0.2) is 46.8 Å². The number of nitrogens with zero attached hydrogens (tertiary/aromatic N) is 3. The number of hydrogen-bond donors (Lipinski definition) is 2. The molecule has 8 heteroatoms. The van der Waals surface area contributed by atoms with Crippen molar-refractivity contribution in [1.29, 1.82) is 0 Å². The van der Waals surface area contributed by atoms with Crippen LogP contribution in [-0.2, 0) is 17.8 Å². The van der Waals surface area contributed by atoms with Crippen LogP contribution in [0.25, 0.3) is 11.3 Å². The fourth-order valence-electron chi connectivity index (χ4n) is 4.88. The summed E-state index contributed by atoms with van der Waals surface area (Å²) in [6.45, 7) is 7.51. The van der Waals surface area contributed by atoms with Crippen molar-refractivity contribution in [1.82, 2.24) is 14.9 Å². The lowest BCUT2D eigenvalue weighted by atomic mass is 10.1. The molecule has 3 aromatic carbocycles. The van der Waals surface area contributed by atoms with Crippen molar-refractivity contribution < 1.29 is 14.3 Å². The van der Waals surface area contributed by atoms with E-state index in [2.05, 4.69) is 46.3 Å². The number of aromatic nitrogens is 2. The molecule has 4 aromatic rings. The number of nitrogens with one attached hydrogen (secondary N) is 2. The molecule has 0 saturated carbocycles. The van der Waals surface area contributed by atoms with E-state index in [0.29, 0.717) is 30.4 Å². The molecular weight excluding hydrogens is 538 g/mol. The van der Waals surface area contributed by atoms with Gasteiger partial charge in [0.15, 0.2) is 5.78 Å². The molecule has 0 spiro atoms. The van der Waals surface area contributed by atoms with Crippen LogP contribution in [0, 0.1) is 6.92 Å². The fraction of sp³-hybridized carbons (Fsp3) is 0.200. The lowest BCUT2D eigenvalue weighted by Gasteiger charge is -2.18. The van der Waals surface area contributed by atoms with Crippen molar-refractivity contribution in [2.45, 2.75) is 26.3 Å². The number of hydrogen-bond acceptors (Lipinski definition) is 7. The largest absolute Gasteiger partial charge is 0.493 e. The predicted molar refractivity (Wildman–Crippen MR) is 171 cm³/mol. The van der Waals surface area contributed by atoms with Gasteiger partial charge in [-0.05, 0) is 85.6 Å². The molecule has 5 rings (SSSR count). The second-order valence-corrected chi connectivity index (χ2v) is 10.6. The number of fused-ring (bicyclic) bond motifs is 7. The summed E-state index contributed by atoms with van der Waals surface area (Å²) < 4.78 is 5.99. The zero-order valence-corrected chi connectivity index (χ0v) is 24.5. The molecule has 0 saturated heterocycles. The molecule has 1 aromatic heterocycles. The van der Waals surface area contributed by atoms with Crippen LogP contribution in [0.2, 0.25) is 0 Å². The molecule has 0 atom stereocenters. The standard InChI is InChI=1S/C35H35N5O3/c1-4-31(41)19-25-10-8-12-28(16-25)34(42)37-29-17-26-18-30(21-29)38-35-36-22-24(2)33(39-35)27-11-9-13-32(20-27)43-15-7-5-6-14-40(3)23-26/h4-6,8-13,16-18,20-22H,1,7,14-15,19,23H2,2-3H3,(H,37,42)(H,36,38,39)/b6-5+. The number of ether oxygens (including phenoxy) is 1. The Labute approximate surface area is 252 Å². The van der Waals surface area contributed by atoms with Gasteiger partial charge in [-0.15, -0.1) is 0 Å². The molecule has 0 aliphatic carbocycles. The quantitative estimate of drug-likeness (QED) is 0.207. The van der Waals surface area contributed by atoms with Gasteiger partial charge in [0.1, 0.15) is 5.75 Å². The van der Waals surface area contributed by atoms with Gasteiger partial charge >= 0.3 is 0 Å². The molecule has 6 bridgehead atoms. The van der Waals surface area contributed by atoms with Crippen LogP contribution in [0.4, 0.5) is 17.3 Å². The summed E-state index contributed by atoms with van der Waals surface area (Å²) in [4.78, 5) is 36.7. The zero-order valence-electron chi connectivity index (χ0n) is 24.5. The highest BCUT2D eigenvalue weighted by Gasteiger charge is 2.13. The maximum Gasteiger partial charge on any atom is 0.255 e. The molecule has 0 radical (unpaired) electrons. The number of rotatable bonds is 5. The number of allylic oxidation sites excluding steroid dienone is 1. The fourth-order valence-corrected chi connectivity index (χ4v) is 4.88. The number of carbonyl (C=O) groups is 2. The van der Waals surface area contributed by atoms with E-state index >= 15 is 0 Å². The first-order valence-electron chi connectivity index (χ1n) is 14.2. The minimum Gasteiger partial charge on any atom is -0.493 e. The van der Waals surface area contributed by atoms with E-state index in [1.807, 2.05) is 55.5 Å². The highest BCUT2D eigenvalue weighted by molar-refractivity contribution is 6.05. The number of aryl methyl sites for hydroxylation is 1. The van der Waals surface area contributed by atoms with Crippen molar-refractivity contribution in [3.63, 3.8) is 0 Å². The lowest BCUT2D eigenvalue weighted by molar-refractivity contribution is -0.114. The van der Waals surface area contributed by atoms with Gasteiger partial charge in [-0.1, -0.05) is 43.0 Å². The van der Waals surface area contributed by atoms with E-state index in [0.717, 1.165) is 52.4 Å². The van der Waals surface area contributed by atoms with Crippen LogP contribution in [0.3, 0.4) is 0 Å². The summed E-state index contributed by atoms with van der Waals surface area (Å²) in [6.07, 6.45) is 8.36. The summed E-state index contributed by atoms with van der Waals surface area (Å²) in [5.41, 5.74) is 6.30. The van der Waals surface area contributed by atoms with Crippen LogP contribution in [0.5, 0.6) is 5.75 Å². The van der Waals surface area contributed by atoms with E-state index in [-0.39, 0.29) is 18.1 Å². The smallest absolute Gasteiger partial charge is 0.255 e. The highest BCUT2D eigenvalue weighted by Crippen LogP contribution is 2.28. The number of anilines is 3. The molecule has 2 heterocycles. The third-order valence-corrected chi connectivity index (χ3v) is 6.97. The molecule has 0 fully saturated rings. The molecule has 43 heavy (non-hydrogen) atoms. The Kier molecular flexibility index (Phi) is 9.39. The molecule has 1 aliphatic heterocycles. The second kappa shape index (κ2) is 13.7. The number of carbonyl (C=O) groups excluding carboxylic acids is 2. The Hall–Kier alpha value is -5.08. The number of likely N-dealkylation sites (N-methyl/N-ethyl adjacent to an activating group) is 1. The van der Waals surface area contributed by atoms with E-state index in [1.54, 1.807) is 24.4 Å². The average molecular weight is 574 g/mol. The Bertz CT molecular complexity index is 1680. The van der Waals surface area contributed by atoms with Crippen LogP contribution < -0.4 is 15.4 Å². The van der Waals surface area contributed by atoms with Gasteiger partial charge in [0, 0.05) is 48.2 Å².